The fourth-order valence-electron chi connectivity index (χ4n) is 4.11. The van der Waals surface area contributed by atoms with Crippen molar-refractivity contribution in [2.24, 2.45) is 0 Å². The van der Waals surface area contributed by atoms with E-state index in [1.54, 1.807) is 36.5 Å². The van der Waals surface area contributed by atoms with Gasteiger partial charge in [0.25, 0.3) is 5.91 Å². The fourth-order valence-corrected chi connectivity index (χ4v) is 4.11. The zero-order valence-corrected chi connectivity index (χ0v) is 18.5. The Bertz CT molecular complexity index is 1530. The molecule has 0 fully saturated rings. The SMILES string of the molecule is CCCn1c(-c2ccc(C(=O)Nc3cccc4ncccc34)cc2)nc2cc(C(=O)O)ccc21. The largest absolute Gasteiger partial charge is 0.478 e. The van der Waals surface area contributed by atoms with Gasteiger partial charge in [-0.2, -0.15) is 0 Å². The van der Waals surface area contributed by atoms with Gasteiger partial charge in [0.1, 0.15) is 5.82 Å². The molecule has 7 nitrogen and oxygen atoms in total. The number of anilines is 1. The normalized spacial score (nSPS) is 11.1. The molecular weight excluding hydrogens is 428 g/mol. The number of aromatic carboxylic acids is 1. The molecular formula is C27H22N4O3. The van der Waals surface area contributed by atoms with E-state index >= 15 is 0 Å². The number of nitrogens with one attached hydrogen (secondary N) is 1. The van der Waals surface area contributed by atoms with Crippen LogP contribution in [0.2, 0.25) is 0 Å². The first-order chi connectivity index (χ1) is 16.5. The Balaban J connectivity index is 1.46. The quantitative estimate of drug-likeness (QED) is 0.350. The van der Waals surface area contributed by atoms with E-state index in [0.717, 1.165) is 40.8 Å². The maximum atomic E-state index is 12.9. The molecule has 0 unspecified atom stereocenters. The van der Waals surface area contributed by atoms with Gasteiger partial charge in [-0.3, -0.25) is 9.78 Å². The summed E-state index contributed by atoms with van der Waals surface area (Å²) in [5, 5.41) is 13.2. The van der Waals surface area contributed by atoms with Crippen LogP contribution in [0.4, 0.5) is 5.69 Å². The number of imidazole rings is 1. The number of rotatable bonds is 6. The summed E-state index contributed by atoms with van der Waals surface area (Å²) in [5.74, 6) is -0.451. The number of aromatic nitrogens is 3. The predicted octanol–water partition coefficient (Wildman–Crippen LogP) is 5.61. The number of fused-ring (bicyclic) bond motifs is 2. The first kappa shape index (κ1) is 21.3. The van der Waals surface area contributed by atoms with Gasteiger partial charge in [0.05, 0.1) is 27.8 Å². The number of benzene rings is 3. The Morgan fingerprint density at radius 2 is 1.74 bits per heavy atom. The predicted molar refractivity (Wildman–Crippen MR) is 132 cm³/mol. The molecule has 5 aromatic rings. The van der Waals surface area contributed by atoms with Crippen molar-refractivity contribution in [1.82, 2.24) is 14.5 Å². The molecule has 1 amide bonds. The molecule has 3 aromatic carbocycles. The molecule has 0 saturated carbocycles. The molecule has 168 valence electrons. The number of carboxylic acid groups (broad SMARTS) is 1. The second-order valence-corrected chi connectivity index (χ2v) is 8.00. The molecule has 0 spiro atoms. The summed E-state index contributed by atoms with van der Waals surface area (Å²) in [6, 6.07) is 21.6. The monoisotopic (exact) mass is 450 g/mol. The molecule has 0 aliphatic heterocycles. The van der Waals surface area contributed by atoms with Crippen LogP contribution in [0, 0.1) is 0 Å². The summed E-state index contributed by atoms with van der Waals surface area (Å²) >= 11 is 0. The molecule has 0 atom stereocenters. The van der Waals surface area contributed by atoms with Crippen LogP contribution in [0.3, 0.4) is 0 Å². The summed E-state index contributed by atoms with van der Waals surface area (Å²) in [5.41, 5.74) is 4.62. The highest BCUT2D eigenvalue weighted by atomic mass is 16.4. The average molecular weight is 450 g/mol. The van der Waals surface area contributed by atoms with Gasteiger partial charge < -0.3 is 15.0 Å². The highest BCUT2D eigenvalue weighted by Crippen LogP contribution is 2.27. The Morgan fingerprint density at radius 3 is 2.50 bits per heavy atom. The lowest BCUT2D eigenvalue weighted by atomic mass is 10.1. The number of pyridine rings is 1. The van der Waals surface area contributed by atoms with Crippen molar-refractivity contribution in [3.05, 3.63) is 90.1 Å². The van der Waals surface area contributed by atoms with Gasteiger partial charge in [-0.05, 0) is 61.0 Å². The lowest BCUT2D eigenvalue weighted by Gasteiger charge is -2.10. The fraction of sp³-hybridized carbons (Fsp3) is 0.111. The number of nitrogens with zero attached hydrogens (tertiary/aromatic N) is 3. The van der Waals surface area contributed by atoms with E-state index in [1.165, 1.54) is 0 Å². The molecule has 0 aliphatic carbocycles. The molecule has 5 rings (SSSR count). The minimum Gasteiger partial charge on any atom is -0.478 e. The Morgan fingerprint density at radius 1 is 0.941 bits per heavy atom. The van der Waals surface area contributed by atoms with Gasteiger partial charge in [-0.25, -0.2) is 9.78 Å². The summed E-state index contributed by atoms with van der Waals surface area (Å²) < 4.78 is 2.08. The van der Waals surface area contributed by atoms with Gasteiger partial charge >= 0.3 is 5.97 Å². The second-order valence-electron chi connectivity index (χ2n) is 8.00. The van der Waals surface area contributed by atoms with Crippen molar-refractivity contribution in [2.75, 3.05) is 5.32 Å². The number of hydrogen-bond donors (Lipinski definition) is 2. The van der Waals surface area contributed by atoms with Gasteiger partial charge in [-0.15, -0.1) is 0 Å². The minimum absolute atomic E-state index is 0.204. The zero-order chi connectivity index (χ0) is 23.7. The van der Waals surface area contributed by atoms with E-state index in [2.05, 4.69) is 21.8 Å². The van der Waals surface area contributed by atoms with Crippen LogP contribution in [-0.2, 0) is 6.54 Å². The van der Waals surface area contributed by atoms with E-state index in [-0.39, 0.29) is 11.5 Å². The second kappa shape index (κ2) is 8.78. The minimum atomic E-state index is -0.981. The van der Waals surface area contributed by atoms with Crippen LogP contribution in [0.25, 0.3) is 33.3 Å². The number of aryl methyl sites for hydroxylation is 1. The Labute approximate surface area is 195 Å². The van der Waals surface area contributed by atoms with Crippen LogP contribution in [0.15, 0.2) is 79.0 Å². The summed E-state index contributed by atoms with van der Waals surface area (Å²) in [6.45, 7) is 2.83. The topological polar surface area (TPSA) is 97.1 Å². The zero-order valence-electron chi connectivity index (χ0n) is 18.5. The van der Waals surface area contributed by atoms with Crippen LogP contribution >= 0.6 is 0 Å². The van der Waals surface area contributed by atoms with E-state index in [4.69, 9.17) is 4.98 Å². The van der Waals surface area contributed by atoms with Crippen molar-refractivity contribution in [3.8, 4) is 11.4 Å². The number of carboxylic acids is 1. The lowest BCUT2D eigenvalue weighted by molar-refractivity contribution is 0.0696. The van der Waals surface area contributed by atoms with Gasteiger partial charge in [0, 0.05) is 29.3 Å². The van der Waals surface area contributed by atoms with Crippen molar-refractivity contribution < 1.29 is 14.7 Å². The van der Waals surface area contributed by atoms with Crippen molar-refractivity contribution in [2.45, 2.75) is 19.9 Å². The molecule has 0 aliphatic rings. The van der Waals surface area contributed by atoms with Crippen molar-refractivity contribution >= 4 is 39.5 Å². The highest BCUT2D eigenvalue weighted by molar-refractivity contribution is 6.08. The van der Waals surface area contributed by atoms with Crippen molar-refractivity contribution in [3.63, 3.8) is 0 Å². The van der Waals surface area contributed by atoms with Crippen LogP contribution < -0.4 is 5.32 Å². The number of amides is 1. The maximum absolute atomic E-state index is 12.9. The van der Waals surface area contributed by atoms with Gasteiger partial charge in [0.15, 0.2) is 0 Å². The van der Waals surface area contributed by atoms with E-state index in [9.17, 15) is 14.7 Å². The summed E-state index contributed by atoms with van der Waals surface area (Å²) in [6.07, 6.45) is 2.63. The van der Waals surface area contributed by atoms with E-state index in [1.807, 2.05) is 42.5 Å². The third kappa shape index (κ3) is 3.88. The molecule has 2 aromatic heterocycles. The van der Waals surface area contributed by atoms with Crippen LogP contribution in [0.5, 0.6) is 0 Å². The molecule has 2 heterocycles. The average Bonchev–Trinajstić information content (AvgIpc) is 3.22. The smallest absolute Gasteiger partial charge is 0.335 e. The molecule has 0 saturated heterocycles. The molecule has 0 bridgehead atoms. The Kier molecular flexibility index (Phi) is 5.51. The number of carbonyl (C=O) groups excluding carboxylic acids is 1. The van der Waals surface area contributed by atoms with E-state index < -0.39 is 5.97 Å². The number of carbonyl (C=O) groups is 2. The first-order valence-corrected chi connectivity index (χ1v) is 11.0. The number of hydrogen-bond acceptors (Lipinski definition) is 4. The first-order valence-electron chi connectivity index (χ1n) is 11.0. The summed E-state index contributed by atoms with van der Waals surface area (Å²) in [4.78, 5) is 33.3. The highest BCUT2D eigenvalue weighted by Gasteiger charge is 2.15. The maximum Gasteiger partial charge on any atom is 0.335 e. The standard InChI is InChI=1S/C27H22N4O3/c1-2-15-31-24-13-12-19(27(33)34)16-23(24)29-25(31)17-8-10-18(11-9-17)26(32)30-22-7-3-6-21-20(22)5-4-14-28-21/h3-14,16H,2,15H2,1H3,(H,30,32)(H,33,34). The Hall–Kier alpha value is -4.52. The lowest BCUT2D eigenvalue weighted by Crippen LogP contribution is -2.12. The van der Waals surface area contributed by atoms with E-state index in [0.29, 0.717) is 16.8 Å². The van der Waals surface area contributed by atoms with Crippen molar-refractivity contribution in [1.29, 1.82) is 0 Å². The van der Waals surface area contributed by atoms with Gasteiger partial charge in [-0.1, -0.05) is 25.1 Å². The summed E-state index contributed by atoms with van der Waals surface area (Å²) in [7, 11) is 0. The molecule has 0 radical (unpaired) electrons. The molecule has 34 heavy (non-hydrogen) atoms. The van der Waals surface area contributed by atoms with Crippen LogP contribution in [0.1, 0.15) is 34.1 Å². The molecule has 2 N–H and O–H groups in total. The molecule has 7 heteroatoms. The third-order valence-electron chi connectivity index (χ3n) is 5.74. The van der Waals surface area contributed by atoms with Crippen LogP contribution in [-0.4, -0.2) is 31.5 Å². The third-order valence-corrected chi connectivity index (χ3v) is 5.74. The van der Waals surface area contributed by atoms with Gasteiger partial charge in [0.2, 0.25) is 0 Å².